The Morgan fingerprint density at radius 1 is 1.29 bits per heavy atom. The van der Waals surface area contributed by atoms with E-state index in [9.17, 15) is 19.2 Å². The topological polar surface area (TPSA) is 93.7 Å². The summed E-state index contributed by atoms with van der Waals surface area (Å²) in [4.78, 5) is 29.1. The molecular weight excluding hydrogens is 365 g/mol. The summed E-state index contributed by atoms with van der Waals surface area (Å²) < 4.78 is 25.4. The molecule has 7 nitrogen and oxygen atoms in total. The van der Waals surface area contributed by atoms with E-state index in [2.05, 4.69) is 9.72 Å². The van der Waals surface area contributed by atoms with Gasteiger partial charge < -0.3 is 9.47 Å². The standard InChI is InChI=1S/C20H14FN3O4/c1-12-6-5-9-24-17(12)23-18(28-16-8-4-3-7-15(16)21)14(19(24)25)10-13(11-22)20(26)27-2/h3-10H,1-2H3/b13-10+. The first kappa shape index (κ1) is 18.8. The van der Waals surface area contributed by atoms with Crippen molar-refractivity contribution in [2.75, 3.05) is 7.11 Å². The number of benzene rings is 1. The predicted octanol–water partition coefficient (Wildman–Crippen LogP) is 3.01. The van der Waals surface area contributed by atoms with Crippen LogP contribution >= 0.6 is 0 Å². The number of pyridine rings is 1. The van der Waals surface area contributed by atoms with Crippen LogP contribution in [0.25, 0.3) is 11.7 Å². The number of hydrogen-bond donors (Lipinski definition) is 0. The molecule has 1 aromatic carbocycles. The number of para-hydroxylation sites is 1. The van der Waals surface area contributed by atoms with E-state index in [1.54, 1.807) is 31.2 Å². The number of carbonyl (C=O) groups excluding carboxylic acids is 1. The molecule has 0 aliphatic rings. The molecule has 3 aromatic rings. The first-order valence-electron chi connectivity index (χ1n) is 8.10. The zero-order chi connectivity index (χ0) is 20.3. The van der Waals surface area contributed by atoms with E-state index < -0.39 is 22.9 Å². The van der Waals surface area contributed by atoms with Gasteiger partial charge in [-0.15, -0.1) is 0 Å². The molecule has 0 fully saturated rings. The van der Waals surface area contributed by atoms with Crippen molar-refractivity contribution in [2.45, 2.75) is 6.92 Å². The number of nitriles is 1. The maximum absolute atomic E-state index is 14.0. The lowest BCUT2D eigenvalue weighted by Gasteiger charge is -2.11. The van der Waals surface area contributed by atoms with Gasteiger partial charge in [-0.2, -0.15) is 10.2 Å². The maximum atomic E-state index is 14.0. The van der Waals surface area contributed by atoms with Crippen molar-refractivity contribution in [1.82, 2.24) is 9.38 Å². The van der Waals surface area contributed by atoms with Crippen LogP contribution in [-0.2, 0) is 9.53 Å². The van der Waals surface area contributed by atoms with Crippen LogP contribution in [-0.4, -0.2) is 22.5 Å². The monoisotopic (exact) mass is 379 g/mol. The van der Waals surface area contributed by atoms with Gasteiger partial charge in [0.05, 0.1) is 7.11 Å². The van der Waals surface area contributed by atoms with Crippen molar-refractivity contribution in [3.63, 3.8) is 0 Å². The summed E-state index contributed by atoms with van der Waals surface area (Å²) in [6.07, 6.45) is 2.51. The van der Waals surface area contributed by atoms with E-state index in [0.717, 1.165) is 13.2 Å². The van der Waals surface area contributed by atoms with Crippen LogP contribution in [0.3, 0.4) is 0 Å². The van der Waals surface area contributed by atoms with Gasteiger partial charge in [-0.25, -0.2) is 9.18 Å². The van der Waals surface area contributed by atoms with Gasteiger partial charge in [0.2, 0.25) is 5.88 Å². The number of fused-ring (bicyclic) bond motifs is 1. The molecule has 8 heteroatoms. The fourth-order valence-corrected chi connectivity index (χ4v) is 2.52. The number of esters is 1. The number of rotatable bonds is 4. The molecule has 140 valence electrons. The third-order valence-corrected chi connectivity index (χ3v) is 3.91. The average Bonchev–Trinajstić information content (AvgIpc) is 2.70. The van der Waals surface area contributed by atoms with Crippen molar-refractivity contribution in [3.8, 4) is 17.7 Å². The lowest BCUT2D eigenvalue weighted by atomic mass is 10.2. The van der Waals surface area contributed by atoms with Crippen LogP contribution in [0, 0.1) is 24.1 Å². The summed E-state index contributed by atoms with van der Waals surface area (Å²) in [5.74, 6) is -1.97. The van der Waals surface area contributed by atoms with Gasteiger partial charge >= 0.3 is 5.97 Å². The van der Waals surface area contributed by atoms with Crippen molar-refractivity contribution in [1.29, 1.82) is 5.26 Å². The Hall–Kier alpha value is -3.99. The SMILES string of the molecule is COC(=O)/C(C#N)=C/c1c(Oc2ccccc2F)nc2c(C)cccn2c1=O. The van der Waals surface area contributed by atoms with Gasteiger partial charge in [0, 0.05) is 6.20 Å². The van der Waals surface area contributed by atoms with Crippen molar-refractivity contribution in [3.05, 3.63) is 75.5 Å². The summed E-state index contributed by atoms with van der Waals surface area (Å²) in [5.41, 5.74) is -0.216. The van der Waals surface area contributed by atoms with Crippen LogP contribution in [0.15, 0.2) is 53.0 Å². The molecule has 0 spiro atoms. The van der Waals surface area contributed by atoms with Crippen molar-refractivity contribution < 1.29 is 18.7 Å². The van der Waals surface area contributed by atoms with E-state index >= 15 is 0 Å². The first-order valence-corrected chi connectivity index (χ1v) is 8.10. The molecule has 0 N–H and O–H groups in total. The molecule has 0 bridgehead atoms. The van der Waals surface area contributed by atoms with E-state index in [-0.39, 0.29) is 17.2 Å². The lowest BCUT2D eigenvalue weighted by Crippen LogP contribution is -2.20. The zero-order valence-corrected chi connectivity index (χ0v) is 15.0. The second kappa shape index (κ2) is 7.72. The molecule has 3 rings (SSSR count). The van der Waals surface area contributed by atoms with Gasteiger partial charge in [-0.3, -0.25) is 9.20 Å². The van der Waals surface area contributed by atoms with Crippen LogP contribution in [0.5, 0.6) is 11.6 Å². The molecule has 0 saturated carbocycles. The highest BCUT2D eigenvalue weighted by Crippen LogP contribution is 2.26. The molecule has 0 unspecified atom stereocenters. The zero-order valence-electron chi connectivity index (χ0n) is 15.0. The molecule has 0 atom stereocenters. The summed E-state index contributed by atoms with van der Waals surface area (Å²) in [5, 5.41) is 9.21. The summed E-state index contributed by atoms with van der Waals surface area (Å²) in [6, 6.07) is 10.7. The summed E-state index contributed by atoms with van der Waals surface area (Å²) in [7, 11) is 1.11. The van der Waals surface area contributed by atoms with Crippen LogP contribution in [0.2, 0.25) is 0 Å². The predicted molar refractivity (Wildman–Crippen MR) is 98.3 cm³/mol. The quantitative estimate of drug-likeness (QED) is 0.393. The van der Waals surface area contributed by atoms with Gasteiger partial charge in [0.15, 0.2) is 11.6 Å². The largest absolute Gasteiger partial charge is 0.465 e. The van der Waals surface area contributed by atoms with Crippen molar-refractivity contribution in [2.24, 2.45) is 0 Å². The highest BCUT2D eigenvalue weighted by atomic mass is 19.1. The molecule has 0 aliphatic carbocycles. The van der Waals surface area contributed by atoms with E-state index in [4.69, 9.17) is 4.74 Å². The number of methoxy groups -OCH3 is 1. The molecule has 0 radical (unpaired) electrons. The number of aromatic nitrogens is 2. The Bertz CT molecular complexity index is 1210. The number of aryl methyl sites for hydroxylation is 1. The number of hydrogen-bond acceptors (Lipinski definition) is 6. The first-order chi connectivity index (χ1) is 13.5. The Balaban J connectivity index is 2.31. The Morgan fingerprint density at radius 3 is 2.71 bits per heavy atom. The molecule has 0 amide bonds. The minimum Gasteiger partial charge on any atom is -0.465 e. The Morgan fingerprint density at radius 2 is 2.04 bits per heavy atom. The lowest BCUT2D eigenvalue weighted by molar-refractivity contribution is -0.135. The smallest absolute Gasteiger partial charge is 0.348 e. The second-order valence-electron chi connectivity index (χ2n) is 5.71. The van der Waals surface area contributed by atoms with Crippen molar-refractivity contribution >= 4 is 17.7 Å². The van der Waals surface area contributed by atoms with E-state index in [1.807, 2.05) is 0 Å². The second-order valence-corrected chi connectivity index (χ2v) is 5.71. The number of halogens is 1. The molecule has 2 heterocycles. The summed E-state index contributed by atoms with van der Waals surface area (Å²) >= 11 is 0. The third-order valence-electron chi connectivity index (χ3n) is 3.91. The molecular formula is C20H14FN3O4. The minimum atomic E-state index is -0.923. The van der Waals surface area contributed by atoms with Gasteiger partial charge in [0.1, 0.15) is 22.9 Å². The van der Waals surface area contributed by atoms with Gasteiger partial charge in [-0.1, -0.05) is 18.2 Å². The normalized spacial score (nSPS) is 11.1. The number of carbonyl (C=O) groups is 1. The highest BCUT2D eigenvalue weighted by Gasteiger charge is 2.19. The molecule has 2 aromatic heterocycles. The van der Waals surface area contributed by atoms with E-state index in [1.165, 1.54) is 28.8 Å². The molecule has 0 aliphatic heterocycles. The highest BCUT2D eigenvalue weighted by molar-refractivity contribution is 5.98. The van der Waals surface area contributed by atoms with Crippen LogP contribution in [0.1, 0.15) is 11.1 Å². The minimum absolute atomic E-state index is 0.154. The molecule has 28 heavy (non-hydrogen) atoms. The number of ether oxygens (including phenoxy) is 2. The third kappa shape index (κ3) is 3.46. The number of nitrogens with zero attached hydrogens (tertiary/aromatic N) is 3. The van der Waals surface area contributed by atoms with Gasteiger partial charge in [-0.05, 0) is 36.8 Å². The van der Waals surface area contributed by atoms with Crippen LogP contribution < -0.4 is 10.3 Å². The fraction of sp³-hybridized carbons (Fsp3) is 0.100. The fourth-order valence-electron chi connectivity index (χ4n) is 2.52. The Kier molecular flexibility index (Phi) is 5.18. The summed E-state index contributed by atoms with van der Waals surface area (Å²) in [6.45, 7) is 1.75. The average molecular weight is 379 g/mol. The van der Waals surface area contributed by atoms with E-state index in [0.29, 0.717) is 11.2 Å². The van der Waals surface area contributed by atoms with Gasteiger partial charge in [0.25, 0.3) is 5.56 Å². The van der Waals surface area contributed by atoms with Crippen LogP contribution in [0.4, 0.5) is 4.39 Å². The maximum Gasteiger partial charge on any atom is 0.348 e. The molecule has 0 saturated heterocycles. The Labute approximate surface area is 158 Å².